The molecular formula is C13H21N3. The van der Waals surface area contributed by atoms with E-state index in [9.17, 15) is 0 Å². The van der Waals surface area contributed by atoms with Gasteiger partial charge in [0, 0.05) is 24.5 Å². The Balaban J connectivity index is 1.88. The van der Waals surface area contributed by atoms with Gasteiger partial charge in [0.1, 0.15) is 0 Å². The van der Waals surface area contributed by atoms with E-state index in [4.69, 9.17) is 0 Å². The van der Waals surface area contributed by atoms with Crippen molar-refractivity contribution in [2.24, 2.45) is 0 Å². The van der Waals surface area contributed by atoms with Gasteiger partial charge < -0.3 is 10.6 Å². The van der Waals surface area contributed by atoms with Gasteiger partial charge in [-0.25, -0.2) is 0 Å². The first-order valence-corrected chi connectivity index (χ1v) is 6.23. The van der Waals surface area contributed by atoms with Crippen molar-refractivity contribution in [2.75, 3.05) is 13.1 Å². The molecule has 3 nitrogen and oxygen atoms in total. The molecule has 1 aromatic rings. The van der Waals surface area contributed by atoms with Crippen LogP contribution in [-0.2, 0) is 0 Å². The second kappa shape index (κ2) is 5.97. The van der Waals surface area contributed by atoms with Crippen molar-refractivity contribution >= 4 is 0 Å². The fourth-order valence-electron chi connectivity index (χ4n) is 2.27. The lowest BCUT2D eigenvalue weighted by atomic mass is 10.1. The van der Waals surface area contributed by atoms with Crippen LogP contribution < -0.4 is 10.6 Å². The summed E-state index contributed by atoms with van der Waals surface area (Å²) in [5.74, 6) is 0. The predicted molar refractivity (Wildman–Crippen MR) is 66.3 cm³/mol. The highest BCUT2D eigenvalue weighted by Gasteiger charge is 2.14. The lowest BCUT2D eigenvalue weighted by Gasteiger charge is -2.21. The fraction of sp³-hybridized carbons (Fsp3) is 0.615. The van der Waals surface area contributed by atoms with Crippen molar-refractivity contribution < 1.29 is 0 Å². The Morgan fingerprint density at radius 2 is 2.38 bits per heavy atom. The summed E-state index contributed by atoms with van der Waals surface area (Å²) >= 11 is 0. The van der Waals surface area contributed by atoms with Crippen LogP contribution in [0.25, 0.3) is 0 Å². The number of hydrogen-bond acceptors (Lipinski definition) is 3. The summed E-state index contributed by atoms with van der Waals surface area (Å²) in [5, 5.41) is 7.13. The van der Waals surface area contributed by atoms with Gasteiger partial charge in [0.2, 0.25) is 0 Å². The van der Waals surface area contributed by atoms with Crippen LogP contribution in [0.1, 0.15) is 37.8 Å². The first-order chi connectivity index (χ1) is 7.86. The zero-order chi connectivity index (χ0) is 11.2. The van der Waals surface area contributed by atoms with Crippen molar-refractivity contribution in [2.45, 2.75) is 38.3 Å². The molecule has 1 aromatic heterocycles. The molecule has 0 bridgehead atoms. The first-order valence-electron chi connectivity index (χ1n) is 6.23. The topological polar surface area (TPSA) is 37.0 Å². The van der Waals surface area contributed by atoms with Gasteiger partial charge in [0.25, 0.3) is 0 Å². The number of nitrogens with one attached hydrogen (secondary N) is 2. The Kier molecular flexibility index (Phi) is 4.31. The molecule has 0 radical (unpaired) electrons. The van der Waals surface area contributed by atoms with E-state index in [2.05, 4.69) is 28.6 Å². The molecule has 1 saturated heterocycles. The molecule has 2 rings (SSSR count). The van der Waals surface area contributed by atoms with Crippen LogP contribution >= 0.6 is 0 Å². The van der Waals surface area contributed by atoms with E-state index in [1.807, 2.05) is 18.5 Å². The molecule has 2 N–H and O–H groups in total. The molecule has 0 aliphatic carbocycles. The third-order valence-electron chi connectivity index (χ3n) is 3.25. The van der Waals surface area contributed by atoms with E-state index < -0.39 is 0 Å². The highest BCUT2D eigenvalue weighted by Crippen LogP contribution is 2.14. The van der Waals surface area contributed by atoms with Crippen LogP contribution in [0.5, 0.6) is 0 Å². The van der Waals surface area contributed by atoms with Gasteiger partial charge in [-0.2, -0.15) is 0 Å². The lowest BCUT2D eigenvalue weighted by molar-refractivity contribution is 0.421. The standard InChI is InChI=1S/C13H21N3/c1-11(12-4-2-8-15-10-12)16-13-5-3-7-14-9-6-13/h2,4,8,10-11,13-14,16H,3,5-7,9H2,1H3. The zero-order valence-corrected chi connectivity index (χ0v) is 9.95. The first kappa shape index (κ1) is 11.6. The maximum Gasteiger partial charge on any atom is 0.0315 e. The number of rotatable bonds is 3. The van der Waals surface area contributed by atoms with Crippen LogP contribution in [0.2, 0.25) is 0 Å². The molecule has 16 heavy (non-hydrogen) atoms. The minimum Gasteiger partial charge on any atom is -0.317 e. The minimum atomic E-state index is 0.400. The SMILES string of the molecule is CC(NC1CCCNCC1)c1cccnc1. The molecular weight excluding hydrogens is 198 g/mol. The second-order valence-corrected chi connectivity index (χ2v) is 4.55. The number of pyridine rings is 1. The van der Waals surface area contributed by atoms with Crippen molar-refractivity contribution in [1.82, 2.24) is 15.6 Å². The van der Waals surface area contributed by atoms with E-state index in [0.29, 0.717) is 12.1 Å². The van der Waals surface area contributed by atoms with Gasteiger partial charge >= 0.3 is 0 Å². The van der Waals surface area contributed by atoms with Crippen molar-refractivity contribution in [3.8, 4) is 0 Å². The van der Waals surface area contributed by atoms with Gasteiger partial charge in [-0.3, -0.25) is 4.98 Å². The maximum absolute atomic E-state index is 4.17. The zero-order valence-electron chi connectivity index (χ0n) is 9.95. The summed E-state index contributed by atoms with van der Waals surface area (Å²) in [6.45, 7) is 4.52. The monoisotopic (exact) mass is 219 g/mol. The average molecular weight is 219 g/mol. The molecule has 2 atom stereocenters. The van der Waals surface area contributed by atoms with E-state index in [1.165, 1.54) is 31.4 Å². The molecule has 2 heterocycles. The Bertz CT molecular complexity index is 291. The minimum absolute atomic E-state index is 0.400. The predicted octanol–water partition coefficient (Wildman–Crippen LogP) is 1.87. The number of aromatic nitrogens is 1. The summed E-state index contributed by atoms with van der Waals surface area (Å²) in [6, 6.07) is 5.18. The molecule has 0 spiro atoms. The van der Waals surface area contributed by atoms with Crippen molar-refractivity contribution in [1.29, 1.82) is 0 Å². The Hall–Kier alpha value is -0.930. The third-order valence-corrected chi connectivity index (χ3v) is 3.25. The molecule has 0 aromatic carbocycles. The Labute approximate surface area is 97.7 Å². The van der Waals surface area contributed by atoms with Gasteiger partial charge in [0.15, 0.2) is 0 Å². The second-order valence-electron chi connectivity index (χ2n) is 4.55. The number of hydrogen-bond donors (Lipinski definition) is 2. The molecule has 0 saturated carbocycles. The van der Waals surface area contributed by atoms with E-state index >= 15 is 0 Å². The molecule has 2 unspecified atom stereocenters. The summed E-state index contributed by atoms with van der Waals surface area (Å²) in [5.41, 5.74) is 1.28. The normalized spacial score (nSPS) is 23.7. The molecule has 88 valence electrons. The van der Waals surface area contributed by atoms with Crippen LogP contribution in [0, 0.1) is 0 Å². The molecule has 0 amide bonds. The van der Waals surface area contributed by atoms with Crippen molar-refractivity contribution in [3.05, 3.63) is 30.1 Å². The van der Waals surface area contributed by atoms with Crippen LogP contribution in [0.4, 0.5) is 0 Å². The summed E-state index contributed by atoms with van der Waals surface area (Å²) in [7, 11) is 0. The fourth-order valence-corrected chi connectivity index (χ4v) is 2.27. The van der Waals surface area contributed by atoms with Crippen LogP contribution in [-0.4, -0.2) is 24.1 Å². The Morgan fingerprint density at radius 3 is 3.19 bits per heavy atom. The van der Waals surface area contributed by atoms with Crippen molar-refractivity contribution in [3.63, 3.8) is 0 Å². The average Bonchev–Trinajstić information content (AvgIpc) is 2.59. The molecule has 1 aliphatic rings. The Morgan fingerprint density at radius 1 is 1.44 bits per heavy atom. The maximum atomic E-state index is 4.17. The van der Waals surface area contributed by atoms with Crippen LogP contribution in [0.15, 0.2) is 24.5 Å². The van der Waals surface area contributed by atoms with E-state index in [1.54, 1.807) is 0 Å². The van der Waals surface area contributed by atoms with E-state index in [0.717, 1.165) is 6.54 Å². The van der Waals surface area contributed by atoms with Gasteiger partial charge in [-0.15, -0.1) is 0 Å². The smallest absolute Gasteiger partial charge is 0.0315 e. The largest absolute Gasteiger partial charge is 0.317 e. The van der Waals surface area contributed by atoms with Gasteiger partial charge in [-0.05, 0) is 50.9 Å². The third kappa shape index (κ3) is 3.29. The highest BCUT2D eigenvalue weighted by molar-refractivity contribution is 5.13. The van der Waals surface area contributed by atoms with Gasteiger partial charge in [-0.1, -0.05) is 6.07 Å². The highest BCUT2D eigenvalue weighted by atomic mass is 15.0. The molecule has 1 aliphatic heterocycles. The van der Waals surface area contributed by atoms with Gasteiger partial charge in [0.05, 0.1) is 0 Å². The summed E-state index contributed by atoms with van der Waals surface area (Å²) in [6.07, 6.45) is 7.55. The van der Waals surface area contributed by atoms with Crippen LogP contribution in [0.3, 0.4) is 0 Å². The quantitative estimate of drug-likeness (QED) is 0.815. The summed E-state index contributed by atoms with van der Waals surface area (Å²) < 4.78 is 0. The molecule has 3 heteroatoms. The van der Waals surface area contributed by atoms with E-state index in [-0.39, 0.29) is 0 Å². The lowest BCUT2D eigenvalue weighted by Crippen LogP contribution is -2.32. The summed E-state index contributed by atoms with van der Waals surface area (Å²) in [4.78, 5) is 4.17. The number of nitrogens with zero attached hydrogens (tertiary/aromatic N) is 1. The molecule has 1 fully saturated rings.